The molecule has 1 aromatic carbocycles. The molecule has 0 aliphatic rings. The Bertz CT molecular complexity index is 632. The lowest BCUT2D eigenvalue weighted by molar-refractivity contribution is -0.115. The predicted molar refractivity (Wildman–Crippen MR) is 87.0 cm³/mol. The van der Waals surface area contributed by atoms with Crippen LogP contribution in [0.2, 0.25) is 0 Å². The number of hydrogen-bond acceptors (Lipinski definition) is 3. The van der Waals surface area contributed by atoms with E-state index in [2.05, 4.69) is 10.6 Å². The lowest BCUT2D eigenvalue weighted by atomic mass is 10.2. The molecule has 2 aromatic rings. The van der Waals surface area contributed by atoms with Gasteiger partial charge in [0, 0.05) is 17.8 Å². The second kappa shape index (κ2) is 7.04. The number of aryl methyl sites for hydroxylation is 1. The second-order valence-electron chi connectivity index (χ2n) is 4.56. The molecule has 0 aliphatic carbocycles. The highest BCUT2D eigenvalue weighted by molar-refractivity contribution is 7.12. The van der Waals surface area contributed by atoms with Crippen LogP contribution < -0.4 is 10.6 Å². The van der Waals surface area contributed by atoms with Crippen LogP contribution in [0, 0.1) is 0 Å². The van der Waals surface area contributed by atoms with Crippen molar-refractivity contribution in [1.29, 1.82) is 0 Å². The van der Waals surface area contributed by atoms with Crippen molar-refractivity contribution in [2.75, 3.05) is 10.6 Å². The fourth-order valence-electron chi connectivity index (χ4n) is 1.89. The van der Waals surface area contributed by atoms with Crippen LogP contribution in [0.4, 0.5) is 11.4 Å². The number of carbonyl (C=O) groups is 2. The van der Waals surface area contributed by atoms with Gasteiger partial charge in [0.15, 0.2) is 0 Å². The summed E-state index contributed by atoms with van der Waals surface area (Å²) in [6.07, 6.45) is 1.28. The van der Waals surface area contributed by atoms with E-state index in [0.29, 0.717) is 12.1 Å². The zero-order valence-corrected chi connectivity index (χ0v) is 12.9. The molecule has 0 spiro atoms. The van der Waals surface area contributed by atoms with Crippen LogP contribution in [0.3, 0.4) is 0 Å². The summed E-state index contributed by atoms with van der Waals surface area (Å²) < 4.78 is 0. The van der Waals surface area contributed by atoms with E-state index in [4.69, 9.17) is 0 Å². The summed E-state index contributed by atoms with van der Waals surface area (Å²) in [6.45, 7) is 3.83. The first kappa shape index (κ1) is 15.3. The van der Waals surface area contributed by atoms with E-state index in [0.717, 1.165) is 22.5 Å². The Labute approximate surface area is 128 Å². The Morgan fingerprint density at radius 1 is 1.00 bits per heavy atom. The molecule has 5 heteroatoms. The number of nitrogens with one attached hydrogen (secondary N) is 2. The van der Waals surface area contributed by atoms with Crippen LogP contribution in [0.5, 0.6) is 0 Å². The Morgan fingerprint density at radius 2 is 1.62 bits per heavy atom. The Morgan fingerprint density at radius 3 is 2.19 bits per heavy atom. The van der Waals surface area contributed by atoms with Crippen LogP contribution in [-0.2, 0) is 11.2 Å². The summed E-state index contributed by atoms with van der Waals surface area (Å²) in [5, 5.41) is 7.57. The molecule has 0 aliphatic heterocycles. The molecule has 0 radical (unpaired) electrons. The van der Waals surface area contributed by atoms with Gasteiger partial charge in [0.2, 0.25) is 5.91 Å². The van der Waals surface area contributed by atoms with Crippen LogP contribution in [0.25, 0.3) is 0 Å². The van der Waals surface area contributed by atoms with Gasteiger partial charge in [0.05, 0.1) is 4.88 Å². The largest absolute Gasteiger partial charge is 0.326 e. The molecule has 0 saturated heterocycles. The topological polar surface area (TPSA) is 58.2 Å². The molecule has 0 saturated carbocycles. The highest BCUT2D eigenvalue weighted by Crippen LogP contribution is 2.20. The van der Waals surface area contributed by atoms with Gasteiger partial charge < -0.3 is 10.6 Å². The van der Waals surface area contributed by atoms with Gasteiger partial charge in [-0.05, 0) is 47.7 Å². The van der Waals surface area contributed by atoms with Crippen LogP contribution in [0.1, 0.15) is 35.5 Å². The highest BCUT2D eigenvalue weighted by Gasteiger charge is 2.12. The van der Waals surface area contributed by atoms with E-state index >= 15 is 0 Å². The van der Waals surface area contributed by atoms with Crippen molar-refractivity contribution in [1.82, 2.24) is 0 Å². The molecule has 21 heavy (non-hydrogen) atoms. The highest BCUT2D eigenvalue weighted by atomic mass is 32.1. The maximum Gasteiger partial charge on any atom is 0.266 e. The van der Waals surface area contributed by atoms with Gasteiger partial charge in [0.1, 0.15) is 0 Å². The quantitative estimate of drug-likeness (QED) is 0.879. The van der Waals surface area contributed by atoms with Crippen molar-refractivity contribution in [2.24, 2.45) is 0 Å². The van der Waals surface area contributed by atoms with E-state index in [-0.39, 0.29) is 11.8 Å². The summed E-state index contributed by atoms with van der Waals surface area (Å²) in [7, 11) is 0. The van der Waals surface area contributed by atoms with Gasteiger partial charge in [-0.3, -0.25) is 9.59 Å². The molecule has 4 nitrogen and oxygen atoms in total. The molecule has 0 bridgehead atoms. The van der Waals surface area contributed by atoms with E-state index in [1.54, 1.807) is 31.2 Å². The first-order chi connectivity index (χ1) is 10.1. The van der Waals surface area contributed by atoms with Crippen molar-refractivity contribution < 1.29 is 9.59 Å². The molecule has 2 rings (SSSR count). The fourth-order valence-corrected chi connectivity index (χ4v) is 2.78. The normalized spacial score (nSPS) is 10.2. The van der Waals surface area contributed by atoms with Crippen LogP contribution in [-0.4, -0.2) is 11.8 Å². The standard InChI is InChI=1S/C16H18N2O2S/c1-3-11-9-10-21-15(11)16(20)18-13-7-5-12(6-8-13)17-14(19)4-2/h5-10H,3-4H2,1-2H3,(H,17,19)(H,18,20). The molecule has 1 heterocycles. The van der Waals surface area contributed by atoms with Gasteiger partial charge >= 0.3 is 0 Å². The third kappa shape index (κ3) is 3.92. The summed E-state index contributed by atoms with van der Waals surface area (Å²) in [5.41, 5.74) is 2.50. The fraction of sp³-hybridized carbons (Fsp3) is 0.250. The average Bonchev–Trinajstić information content (AvgIpc) is 2.97. The van der Waals surface area contributed by atoms with Gasteiger partial charge in [-0.1, -0.05) is 13.8 Å². The predicted octanol–water partition coefficient (Wildman–Crippen LogP) is 3.91. The second-order valence-corrected chi connectivity index (χ2v) is 5.48. The number of amides is 2. The van der Waals surface area contributed by atoms with Gasteiger partial charge in [-0.25, -0.2) is 0 Å². The van der Waals surface area contributed by atoms with E-state index in [9.17, 15) is 9.59 Å². The lowest BCUT2D eigenvalue weighted by Gasteiger charge is -2.07. The summed E-state index contributed by atoms with van der Waals surface area (Å²) in [6, 6.07) is 9.09. The van der Waals surface area contributed by atoms with Gasteiger partial charge in [-0.15, -0.1) is 11.3 Å². The number of hydrogen-bond donors (Lipinski definition) is 2. The minimum absolute atomic E-state index is 0.0297. The Balaban J connectivity index is 2.03. The number of rotatable bonds is 5. The summed E-state index contributed by atoms with van der Waals surface area (Å²) in [4.78, 5) is 24.2. The molecule has 0 fully saturated rings. The third-order valence-electron chi connectivity index (χ3n) is 3.08. The minimum atomic E-state index is -0.0906. The number of carbonyl (C=O) groups excluding carboxylic acids is 2. The van der Waals surface area contributed by atoms with Crippen molar-refractivity contribution in [3.63, 3.8) is 0 Å². The van der Waals surface area contributed by atoms with Crippen LogP contribution >= 0.6 is 11.3 Å². The number of anilines is 2. The molecule has 2 N–H and O–H groups in total. The van der Waals surface area contributed by atoms with Crippen molar-refractivity contribution in [2.45, 2.75) is 26.7 Å². The molecule has 1 aromatic heterocycles. The smallest absolute Gasteiger partial charge is 0.266 e. The van der Waals surface area contributed by atoms with E-state index < -0.39 is 0 Å². The van der Waals surface area contributed by atoms with Gasteiger partial charge in [0.25, 0.3) is 5.91 Å². The third-order valence-corrected chi connectivity index (χ3v) is 4.04. The zero-order chi connectivity index (χ0) is 15.2. The Hall–Kier alpha value is -2.14. The molecule has 0 unspecified atom stereocenters. The van der Waals surface area contributed by atoms with Crippen molar-refractivity contribution in [3.8, 4) is 0 Å². The molecule has 2 amide bonds. The van der Waals surface area contributed by atoms with Crippen molar-refractivity contribution >= 4 is 34.5 Å². The van der Waals surface area contributed by atoms with E-state index in [1.165, 1.54) is 11.3 Å². The van der Waals surface area contributed by atoms with Crippen molar-refractivity contribution in [3.05, 3.63) is 46.2 Å². The SMILES string of the molecule is CCC(=O)Nc1ccc(NC(=O)c2sccc2CC)cc1. The van der Waals surface area contributed by atoms with E-state index in [1.807, 2.05) is 18.4 Å². The first-order valence-corrected chi connectivity index (χ1v) is 7.79. The van der Waals surface area contributed by atoms with Gasteiger partial charge in [-0.2, -0.15) is 0 Å². The van der Waals surface area contributed by atoms with Crippen LogP contribution in [0.15, 0.2) is 35.7 Å². The molecule has 0 atom stereocenters. The zero-order valence-electron chi connectivity index (χ0n) is 12.1. The molecular weight excluding hydrogens is 284 g/mol. The first-order valence-electron chi connectivity index (χ1n) is 6.91. The monoisotopic (exact) mass is 302 g/mol. The summed E-state index contributed by atoms with van der Waals surface area (Å²) in [5.74, 6) is -0.120. The average molecular weight is 302 g/mol. The minimum Gasteiger partial charge on any atom is -0.326 e. The molecular formula is C16H18N2O2S. The maximum absolute atomic E-state index is 12.2. The maximum atomic E-state index is 12.2. The Kier molecular flexibility index (Phi) is 5.11. The number of thiophene rings is 1. The lowest BCUT2D eigenvalue weighted by Crippen LogP contribution is -2.12. The molecule has 110 valence electrons. The summed E-state index contributed by atoms with van der Waals surface area (Å²) >= 11 is 1.45. The number of benzene rings is 1.